The first-order valence-corrected chi connectivity index (χ1v) is 6.66. The van der Waals surface area contributed by atoms with Gasteiger partial charge in [0.05, 0.1) is 0 Å². The van der Waals surface area contributed by atoms with Crippen LogP contribution in [-0.2, 0) is 6.42 Å². The summed E-state index contributed by atoms with van der Waals surface area (Å²) in [6, 6.07) is 2.56. The predicted octanol–water partition coefficient (Wildman–Crippen LogP) is 2.69. The zero-order chi connectivity index (χ0) is 9.97. The first-order chi connectivity index (χ1) is 6.81. The predicted molar refractivity (Wildman–Crippen MR) is 64.2 cm³/mol. The topological polar surface area (TPSA) is 38.0 Å². The van der Waals surface area contributed by atoms with Crippen molar-refractivity contribution in [1.82, 2.24) is 5.43 Å². The lowest BCUT2D eigenvalue weighted by Gasteiger charge is -2.33. The zero-order valence-electron chi connectivity index (χ0n) is 8.00. The molecule has 1 aliphatic rings. The molecule has 0 bridgehead atoms. The second-order valence-corrected chi connectivity index (χ2v) is 5.71. The molecule has 14 heavy (non-hydrogen) atoms. The van der Waals surface area contributed by atoms with Crippen LogP contribution < -0.4 is 11.3 Å². The van der Waals surface area contributed by atoms with Gasteiger partial charge in [-0.05, 0) is 52.6 Å². The molecule has 0 aromatic carbocycles. The van der Waals surface area contributed by atoms with Crippen molar-refractivity contribution in [3.05, 3.63) is 20.8 Å². The van der Waals surface area contributed by atoms with Crippen LogP contribution >= 0.6 is 27.3 Å². The van der Waals surface area contributed by atoms with Crippen LogP contribution in [0.1, 0.15) is 24.1 Å². The summed E-state index contributed by atoms with van der Waals surface area (Å²) >= 11 is 5.36. The molecule has 1 saturated carbocycles. The molecule has 2 rings (SSSR count). The van der Waals surface area contributed by atoms with E-state index in [1.165, 1.54) is 28.6 Å². The lowest BCUT2D eigenvalue weighted by Crippen LogP contribution is -2.44. The highest BCUT2D eigenvalue weighted by atomic mass is 79.9. The van der Waals surface area contributed by atoms with Crippen LogP contribution in [0.4, 0.5) is 0 Å². The first kappa shape index (κ1) is 10.6. The number of halogens is 1. The van der Waals surface area contributed by atoms with Gasteiger partial charge >= 0.3 is 0 Å². The van der Waals surface area contributed by atoms with Gasteiger partial charge in [0.25, 0.3) is 0 Å². The third-order valence-corrected chi connectivity index (χ3v) is 4.98. The van der Waals surface area contributed by atoms with E-state index >= 15 is 0 Å². The molecule has 1 aromatic heterocycles. The van der Waals surface area contributed by atoms with Crippen LogP contribution in [0.5, 0.6) is 0 Å². The van der Waals surface area contributed by atoms with E-state index in [-0.39, 0.29) is 0 Å². The summed E-state index contributed by atoms with van der Waals surface area (Å²) in [5.74, 6) is 6.38. The Morgan fingerprint density at radius 2 is 2.43 bits per heavy atom. The van der Waals surface area contributed by atoms with Crippen LogP contribution in [0.15, 0.2) is 15.9 Å². The third kappa shape index (κ3) is 2.19. The minimum Gasteiger partial charge on any atom is -0.271 e. The highest BCUT2D eigenvalue weighted by Gasteiger charge is 2.27. The van der Waals surface area contributed by atoms with Crippen molar-refractivity contribution in [3.8, 4) is 0 Å². The molecule has 0 saturated heterocycles. The van der Waals surface area contributed by atoms with Crippen molar-refractivity contribution in [3.63, 3.8) is 0 Å². The molecule has 0 spiro atoms. The van der Waals surface area contributed by atoms with Gasteiger partial charge in [0.1, 0.15) is 0 Å². The maximum Gasteiger partial charge on any atom is 0.0314 e. The van der Waals surface area contributed by atoms with Crippen LogP contribution in [0, 0.1) is 5.92 Å². The van der Waals surface area contributed by atoms with E-state index in [4.69, 9.17) is 5.84 Å². The maximum atomic E-state index is 5.59. The number of hydrogen-bond acceptors (Lipinski definition) is 3. The van der Waals surface area contributed by atoms with Gasteiger partial charge in [-0.25, -0.2) is 0 Å². The van der Waals surface area contributed by atoms with Crippen LogP contribution in [0.25, 0.3) is 0 Å². The molecule has 0 radical (unpaired) electrons. The highest BCUT2D eigenvalue weighted by Crippen LogP contribution is 2.33. The van der Waals surface area contributed by atoms with E-state index in [1.807, 2.05) is 0 Å². The number of hydrogen-bond donors (Lipinski definition) is 2. The molecule has 1 heterocycles. The normalized spacial score (nSPS) is 19.3. The Hall–Kier alpha value is 0.100. The minimum absolute atomic E-state index is 0.457. The highest BCUT2D eigenvalue weighted by molar-refractivity contribution is 9.10. The SMILES string of the molecule is NNC(Cc1sccc1Br)C1CCC1. The summed E-state index contributed by atoms with van der Waals surface area (Å²) in [6.45, 7) is 0. The second-order valence-electron chi connectivity index (χ2n) is 3.86. The summed E-state index contributed by atoms with van der Waals surface area (Å²) < 4.78 is 1.22. The molecule has 3 N–H and O–H groups in total. The summed E-state index contributed by atoms with van der Waals surface area (Å²) in [5.41, 5.74) is 2.96. The standard InChI is InChI=1S/C10H15BrN2S/c11-8-4-5-14-10(8)6-9(13-12)7-2-1-3-7/h4-5,7,9,13H,1-3,6,12H2. The molecule has 2 nitrogen and oxygen atoms in total. The van der Waals surface area contributed by atoms with Crippen molar-refractivity contribution in [2.45, 2.75) is 31.7 Å². The van der Waals surface area contributed by atoms with E-state index < -0.39 is 0 Å². The summed E-state index contributed by atoms with van der Waals surface area (Å²) in [4.78, 5) is 1.40. The number of hydrazine groups is 1. The number of nitrogens with one attached hydrogen (secondary N) is 1. The van der Waals surface area contributed by atoms with E-state index in [9.17, 15) is 0 Å². The van der Waals surface area contributed by atoms with Crippen molar-refractivity contribution in [2.24, 2.45) is 11.8 Å². The largest absolute Gasteiger partial charge is 0.271 e. The second kappa shape index (κ2) is 4.75. The van der Waals surface area contributed by atoms with Gasteiger partial charge < -0.3 is 0 Å². The summed E-state index contributed by atoms with van der Waals surface area (Å²) in [5, 5.41) is 2.12. The van der Waals surface area contributed by atoms with Gasteiger partial charge in [0.15, 0.2) is 0 Å². The van der Waals surface area contributed by atoms with E-state index in [0.29, 0.717) is 6.04 Å². The molecule has 1 atom stereocenters. The Morgan fingerprint density at radius 1 is 1.64 bits per heavy atom. The quantitative estimate of drug-likeness (QED) is 0.655. The fourth-order valence-electron chi connectivity index (χ4n) is 1.87. The maximum absolute atomic E-state index is 5.59. The Bertz CT molecular complexity index is 296. The van der Waals surface area contributed by atoms with Crippen molar-refractivity contribution >= 4 is 27.3 Å². The molecule has 1 unspecified atom stereocenters. The average molecular weight is 275 g/mol. The van der Waals surface area contributed by atoms with Gasteiger partial charge in [-0.3, -0.25) is 11.3 Å². The third-order valence-electron chi connectivity index (χ3n) is 3.03. The van der Waals surface area contributed by atoms with Gasteiger partial charge in [-0.15, -0.1) is 11.3 Å². The summed E-state index contributed by atoms with van der Waals surface area (Å²) in [7, 11) is 0. The molecular formula is C10H15BrN2S. The zero-order valence-corrected chi connectivity index (χ0v) is 10.4. The molecule has 0 aliphatic heterocycles. The average Bonchev–Trinajstić information content (AvgIpc) is 2.47. The van der Waals surface area contributed by atoms with Crippen molar-refractivity contribution in [1.29, 1.82) is 0 Å². The minimum atomic E-state index is 0.457. The Labute approximate surface area is 97.0 Å². The van der Waals surface area contributed by atoms with Crippen LogP contribution in [-0.4, -0.2) is 6.04 Å². The van der Waals surface area contributed by atoms with Crippen molar-refractivity contribution in [2.75, 3.05) is 0 Å². The van der Waals surface area contributed by atoms with E-state index in [1.54, 1.807) is 11.3 Å². The molecule has 78 valence electrons. The Morgan fingerprint density at radius 3 is 2.86 bits per heavy atom. The Balaban J connectivity index is 1.97. The smallest absolute Gasteiger partial charge is 0.0314 e. The number of nitrogens with two attached hydrogens (primary N) is 1. The molecule has 1 fully saturated rings. The van der Waals surface area contributed by atoms with Crippen LogP contribution in [0.3, 0.4) is 0 Å². The van der Waals surface area contributed by atoms with Gasteiger partial charge in [0.2, 0.25) is 0 Å². The first-order valence-electron chi connectivity index (χ1n) is 4.99. The number of thiophene rings is 1. The lowest BCUT2D eigenvalue weighted by molar-refractivity contribution is 0.229. The van der Waals surface area contributed by atoms with Gasteiger partial charge in [-0.2, -0.15) is 0 Å². The number of rotatable bonds is 4. The molecule has 4 heteroatoms. The van der Waals surface area contributed by atoms with Crippen LogP contribution in [0.2, 0.25) is 0 Å². The van der Waals surface area contributed by atoms with Gasteiger partial charge in [-0.1, -0.05) is 6.42 Å². The van der Waals surface area contributed by atoms with E-state index in [2.05, 4.69) is 32.8 Å². The van der Waals surface area contributed by atoms with Crippen molar-refractivity contribution < 1.29 is 0 Å². The Kier molecular flexibility index (Phi) is 3.60. The molecule has 1 aromatic rings. The molecule has 0 amide bonds. The van der Waals surface area contributed by atoms with Gasteiger partial charge in [0, 0.05) is 15.4 Å². The fraction of sp³-hybridized carbons (Fsp3) is 0.600. The monoisotopic (exact) mass is 274 g/mol. The lowest BCUT2D eigenvalue weighted by atomic mass is 9.78. The fourth-order valence-corrected chi connectivity index (χ4v) is 3.45. The van der Waals surface area contributed by atoms with E-state index in [0.717, 1.165) is 12.3 Å². The molecular weight excluding hydrogens is 260 g/mol. The molecule has 1 aliphatic carbocycles. The summed E-state index contributed by atoms with van der Waals surface area (Å²) in [6.07, 6.45) is 5.09.